The SMILES string of the molecule is CCNC(=NCC1CCN(C(=O)OC(C)(C)C)CC1)N1CCC(OCC)CC1.I. The maximum absolute atomic E-state index is 12.2. The van der Waals surface area contributed by atoms with Gasteiger partial charge in [0.1, 0.15) is 5.60 Å². The summed E-state index contributed by atoms with van der Waals surface area (Å²) < 4.78 is 11.2. The lowest BCUT2D eigenvalue weighted by molar-refractivity contribution is 0.0185. The highest BCUT2D eigenvalue weighted by Crippen LogP contribution is 2.20. The molecule has 1 amide bonds. The van der Waals surface area contributed by atoms with Gasteiger partial charge in [-0.1, -0.05) is 0 Å². The zero-order valence-corrected chi connectivity index (χ0v) is 21.2. The Bertz CT molecular complexity index is 509. The maximum atomic E-state index is 12.2. The van der Waals surface area contributed by atoms with Gasteiger partial charge in [-0.25, -0.2) is 4.79 Å². The minimum absolute atomic E-state index is 0. The van der Waals surface area contributed by atoms with Crippen LogP contribution in [-0.2, 0) is 9.47 Å². The van der Waals surface area contributed by atoms with Gasteiger partial charge in [0.2, 0.25) is 0 Å². The molecule has 0 aromatic carbocycles. The smallest absolute Gasteiger partial charge is 0.410 e. The van der Waals surface area contributed by atoms with Crippen molar-refractivity contribution in [1.82, 2.24) is 15.1 Å². The lowest BCUT2D eigenvalue weighted by atomic mass is 9.97. The van der Waals surface area contributed by atoms with E-state index in [4.69, 9.17) is 14.5 Å². The van der Waals surface area contributed by atoms with Crippen LogP contribution in [0.3, 0.4) is 0 Å². The van der Waals surface area contributed by atoms with E-state index in [0.717, 1.165) is 77.5 Å². The number of likely N-dealkylation sites (tertiary alicyclic amines) is 2. The van der Waals surface area contributed by atoms with E-state index in [1.807, 2.05) is 25.7 Å². The maximum Gasteiger partial charge on any atom is 0.410 e. The van der Waals surface area contributed by atoms with Crippen LogP contribution in [0, 0.1) is 5.92 Å². The molecule has 0 bridgehead atoms. The lowest BCUT2D eigenvalue weighted by Crippen LogP contribution is -2.47. The number of rotatable bonds is 5. The molecule has 0 saturated carbocycles. The molecule has 0 spiro atoms. The number of halogens is 1. The van der Waals surface area contributed by atoms with Crippen molar-refractivity contribution >= 4 is 36.0 Å². The van der Waals surface area contributed by atoms with E-state index in [2.05, 4.69) is 24.1 Å². The van der Waals surface area contributed by atoms with Crippen molar-refractivity contribution in [3.63, 3.8) is 0 Å². The summed E-state index contributed by atoms with van der Waals surface area (Å²) in [5.74, 6) is 1.54. The van der Waals surface area contributed by atoms with Crippen molar-refractivity contribution in [2.75, 3.05) is 45.9 Å². The van der Waals surface area contributed by atoms with E-state index in [9.17, 15) is 4.79 Å². The van der Waals surface area contributed by atoms with E-state index >= 15 is 0 Å². The van der Waals surface area contributed by atoms with Gasteiger partial charge in [0, 0.05) is 45.9 Å². The molecular weight excluding hydrogens is 483 g/mol. The van der Waals surface area contributed by atoms with Gasteiger partial charge in [-0.15, -0.1) is 24.0 Å². The van der Waals surface area contributed by atoms with Crippen molar-refractivity contribution in [2.45, 2.75) is 72.0 Å². The number of carbonyl (C=O) groups excluding carboxylic acids is 1. The van der Waals surface area contributed by atoms with Gasteiger partial charge in [0.25, 0.3) is 0 Å². The highest BCUT2D eigenvalue weighted by molar-refractivity contribution is 14.0. The summed E-state index contributed by atoms with van der Waals surface area (Å²) in [5, 5.41) is 3.44. The third-order valence-electron chi connectivity index (χ3n) is 5.24. The van der Waals surface area contributed by atoms with Gasteiger partial charge in [-0.2, -0.15) is 0 Å². The molecule has 2 aliphatic heterocycles. The second-order valence-electron chi connectivity index (χ2n) is 8.75. The number of carbonyl (C=O) groups is 1. The number of amides is 1. The molecule has 2 saturated heterocycles. The summed E-state index contributed by atoms with van der Waals surface area (Å²) in [4.78, 5) is 21.3. The van der Waals surface area contributed by atoms with Gasteiger partial charge in [0.15, 0.2) is 5.96 Å². The molecule has 2 rings (SSSR count). The molecule has 1 N–H and O–H groups in total. The predicted octanol–water partition coefficient (Wildman–Crippen LogP) is 3.72. The van der Waals surface area contributed by atoms with Crippen LogP contribution in [0.1, 0.15) is 60.3 Å². The molecule has 2 aliphatic rings. The molecule has 0 aromatic rings. The highest BCUT2D eigenvalue weighted by Gasteiger charge is 2.27. The molecule has 2 fully saturated rings. The number of nitrogens with one attached hydrogen (secondary N) is 1. The number of hydrogen-bond donors (Lipinski definition) is 1. The number of nitrogens with zero attached hydrogens (tertiary/aromatic N) is 3. The Hall–Kier alpha value is -0.770. The third-order valence-corrected chi connectivity index (χ3v) is 5.24. The van der Waals surface area contributed by atoms with Gasteiger partial charge >= 0.3 is 6.09 Å². The standard InChI is InChI=1S/C21H40N4O3.HI/c1-6-22-19(24-14-10-18(11-15-24)27-7-2)23-16-17-8-12-25(13-9-17)20(26)28-21(3,4)5;/h17-18H,6-16H2,1-5H3,(H,22,23);1H. The number of hydrogen-bond acceptors (Lipinski definition) is 4. The first-order chi connectivity index (χ1) is 13.3. The Morgan fingerprint density at radius 2 is 1.62 bits per heavy atom. The summed E-state index contributed by atoms with van der Waals surface area (Å²) in [5.41, 5.74) is -0.436. The number of ether oxygens (including phenoxy) is 2. The zero-order chi connectivity index (χ0) is 20.6. The van der Waals surface area contributed by atoms with Crippen molar-refractivity contribution < 1.29 is 14.3 Å². The van der Waals surface area contributed by atoms with Crippen LogP contribution in [0.4, 0.5) is 4.79 Å². The molecule has 170 valence electrons. The molecule has 0 unspecified atom stereocenters. The summed E-state index contributed by atoms with van der Waals surface area (Å²) in [6, 6.07) is 0. The quantitative estimate of drug-likeness (QED) is 0.338. The predicted molar refractivity (Wildman–Crippen MR) is 128 cm³/mol. The summed E-state index contributed by atoms with van der Waals surface area (Å²) in [6.45, 7) is 15.9. The monoisotopic (exact) mass is 524 g/mol. The first-order valence-corrected chi connectivity index (χ1v) is 10.9. The van der Waals surface area contributed by atoms with Crippen molar-refractivity contribution in [3.05, 3.63) is 0 Å². The number of aliphatic imine (C=N–C) groups is 1. The van der Waals surface area contributed by atoms with Crippen LogP contribution < -0.4 is 5.32 Å². The molecule has 0 aromatic heterocycles. The van der Waals surface area contributed by atoms with Gasteiger partial charge in [-0.05, 0) is 66.2 Å². The van der Waals surface area contributed by atoms with Gasteiger partial charge < -0.3 is 24.6 Å². The average molecular weight is 524 g/mol. The first-order valence-electron chi connectivity index (χ1n) is 10.9. The fourth-order valence-corrected chi connectivity index (χ4v) is 3.74. The summed E-state index contributed by atoms with van der Waals surface area (Å²) >= 11 is 0. The van der Waals surface area contributed by atoms with E-state index < -0.39 is 5.60 Å². The van der Waals surface area contributed by atoms with Crippen molar-refractivity contribution in [1.29, 1.82) is 0 Å². The van der Waals surface area contributed by atoms with Crippen LogP contribution in [0.5, 0.6) is 0 Å². The number of piperidine rings is 2. The highest BCUT2D eigenvalue weighted by atomic mass is 127. The molecule has 0 atom stereocenters. The number of guanidine groups is 1. The van der Waals surface area contributed by atoms with E-state index in [1.165, 1.54) is 0 Å². The van der Waals surface area contributed by atoms with Crippen molar-refractivity contribution in [2.24, 2.45) is 10.9 Å². The normalized spacial score (nSPS) is 19.7. The minimum Gasteiger partial charge on any atom is -0.444 e. The summed E-state index contributed by atoms with van der Waals surface area (Å²) in [6.07, 6.45) is 4.28. The van der Waals surface area contributed by atoms with Gasteiger partial charge in [0.05, 0.1) is 6.10 Å². The minimum atomic E-state index is -0.436. The molecule has 0 radical (unpaired) electrons. The Morgan fingerprint density at radius 1 is 1.03 bits per heavy atom. The molecule has 29 heavy (non-hydrogen) atoms. The average Bonchev–Trinajstić information content (AvgIpc) is 2.65. The van der Waals surface area contributed by atoms with Crippen LogP contribution >= 0.6 is 24.0 Å². The van der Waals surface area contributed by atoms with Crippen LogP contribution in [0.2, 0.25) is 0 Å². The van der Waals surface area contributed by atoms with Crippen molar-refractivity contribution in [3.8, 4) is 0 Å². The Balaban J connectivity index is 0.00000420. The fourth-order valence-electron chi connectivity index (χ4n) is 3.74. The topological polar surface area (TPSA) is 66.4 Å². The summed E-state index contributed by atoms with van der Waals surface area (Å²) in [7, 11) is 0. The van der Waals surface area contributed by atoms with E-state index in [-0.39, 0.29) is 30.1 Å². The molecule has 2 heterocycles. The fraction of sp³-hybridized carbons (Fsp3) is 0.905. The first kappa shape index (κ1) is 26.3. The molecule has 7 nitrogen and oxygen atoms in total. The second kappa shape index (κ2) is 12.8. The zero-order valence-electron chi connectivity index (χ0n) is 18.9. The van der Waals surface area contributed by atoms with Gasteiger partial charge in [-0.3, -0.25) is 4.99 Å². The Labute approximate surface area is 194 Å². The van der Waals surface area contributed by atoms with E-state index in [1.54, 1.807) is 0 Å². The molecule has 8 heteroatoms. The third kappa shape index (κ3) is 9.27. The second-order valence-corrected chi connectivity index (χ2v) is 8.75. The Kier molecular flexibility index (Phi) is 11.6. The lowest BCUT2D eigenvalue weighted by Gasteiger charge is -2.35. The molecule has 0 aliphatic carbocycles. The van der Waals surface area contributed by atoms with Crippen LogP contribution in [-0.4, -0.2) is 79.4 Å². The largest absolute Gasteiger partial charge is 0.444 e. The molecular formula is C21H41IN4O3. The van der Waals surface area contributed by atoms with E-state index in [0.29, 0.717) is 12.0 Å². The Morgan fingerprint density at radius 3 is 2.14 bits per heavy atom. The van der Waals surface area contributed by atoms with Crippen LogP contribution in [0.25, 0.3) is 0 Å². The van der Waals surface area contributed by atoms with Crippen LogP contribution in [0.15, 0.2) is 4.99 Å².